The molecule has 1 heterocycles. The number of halogens is 1. The number of ether oxygens (including phenoxy) is 2. The van der Waals surface area contributed by atoms with Crippen LogP contribution in [0.15, 0.2) is 42.5 Å². The summed E-state index contributed by atoms with van der Waals surface area (Å²) in [7, 11) is 1.54. The Kier molecular flexibility index (Phi) is 6.87. The number of hydrogen-bond donors (Lipinski definition) is 1. The van der Waals surface area contributed by atoms with Gasteiger partial charge in [-0.3, -0.25) is 9.59 Å². The molecule has 2 amide bonds. The van der Waals surface area contributed by atoms with E-state index >= 15 is 0 Å². The number of carbonyl (C=O) groups is 2. The number of benzene rings is 2. The highest BCUT2D eigenvalue weighted by atomic mass is 35.5. The van der Waals surface area contributed by atoms with Crippen LogP contribution in [0.25, 0.3) is 0 Å². The van der Waals surface area contributed by atoms with Crippen LogP contribution < -0.4 is 15.2 Å². The number of nitrogens with zero attached hydrogens (tertiary/aromatic N) is 1. The summed E-state index contributed by atoms with van der Waals surface area (Å²) in [6, 6.07) is 12.6. The summed E-state index contributed by atoms with van der Waals surface area (Å²) in [5.74, 6) is 0.677. The molecule has 0 saturated carbocycles. The Labute approximate surface area is 181 Å². The van der Waals surface area contributed by atoms with Crippen molar-refractivity contribution in [3.63, 3.8) is 0 Å². The Bertz CT molecular complexity index is 933. The van der Waals surface area contributed by atoms with Gasteiger partial charge in [-0.25, -0.2) is 0 Å². The lowest BCUT2D eigenvalue weighted by molar-refractivity contribution is -0.122. The number of carbonyl (C=O) groups excluding carboxylic acids is 2. The second-order valence-corrected chi connectivity index (χ2v) is 8.28. The van der Waals surface area contributed by atoms with Crippen molar-refractivity contribution in [2.24, 2.45) is 11.1 Å². The zero-order valence-electron chi connectivity index (χ0n) is 17.3. The maximum Gasteiger partial charge on any atom is 0.257 e. The molecule has 1 aliphatic rings. The molecule has 3 rings (SSSR count). The Morgan fingerprint density at radius 1 is 1.23 bits per heavy atom. The van der Waals surface area contributed by atoms with Gasteiger partial charge in [0.2, 0.25) is 5.91 Å². The first-order valence-electron chi connectivity index (χ1n) is 9.93. The topological polar surface area (TPSA) is 81.9 Å². The summed E-state index contributed by atoms with van der Waals surface area (Å²) in [6.45, 7) is 3.19. The van der Waals surface area contributed by atoms with Crippen molar-refractivity contribution in [2.75, 3.05) is 26.8 Å². The number of primary amides is 1. The minimum Gasteiger partial charge on any atom is -0.496 e. The fraction of sp³-hybridized carbons (Fsp3) is 0.391. The van der Waals surface area contributed by atoms with Gasteiger partial charge in [-0.1, -0.05) is 23.7 Å². The number of piperidine rings is 1. The Morgan fingerprint density at radius 3 is 2.70 bits per heavy atom. The van der Waals surface area contributed by atoms with E-state index in [-0.39, 0.29) is 18.9 Å². The summed E-state index contributed by atoms with van der Waals surface area (Å²) >= 11 is 6.09. The molecule has 6 nitrogen and oxygen atoms in total. The molecule has 0 aromatic heterocycles. The zero-order valence-corrected chi connectivity index (χ0v) is 18.1. The van der Waals surface area contributed by atoms with Crippen molar-refractivity contribution < 1.29 is 19.1 Å². The summed E-state index contributed by atoms with van der Waals surface area (Å²) in [5, 5.41) is 0.667. The third kappa shape index (κ3) is 5.05. The molecule has 7 heteroatoms. The van der Waals surface area contributed by atoms with Crippen LogP contribution in [0, 0.1) is 12.3 Å². The molecular weight excluding hydrogens is 404 g/mol. The van der Waals surface area contributed by atoms with E-state index in [1.807, 2.05) is 25.1 Å². The molecule has 0 spiro atoms. The van der Waals surface area contributed by atoms with Crippen LogP contribution in [0.1, 0.15) is 35.2 Å². The molecule has 2 aromatic carbocycles. The number of rotatable bonds is 7. The number of amides is 2. The van der Waals surface area contributed by atoms with Gasteiger partial charge in [0.05, 0.1) is 19.3 Å². The van der Waals surface area contributed by atoms with Crippen molar-refractivity contribution in [1.82, 2.24) is 4.90 Å². The largest absolute Gasteiger partial charge is 0.496 e. The van der Waals surface area contributed by atoms with Gasteiger partial charge >= 0.3 is 0 Å². The molecule has 1 saturated heterocycles. The van der Waals surface area contributed by atoms with Crippen molar-refractivity contribution in [1.29, 1.82) is 0 Å². The highest BCUT2D eigenvalue weighted by Gasteiger charge is 2.40. The quantitative estimate of drug-likeness (QED) is 0.723. The Balaban J connectivity index is 1.80. The minimum atomic E-state index is -0.546. The predicted molar refractivity (Wildman–Crippen MR) is 116 cm³/mol. The molecule has 1 atom stereocenters. The first-order valence-corrected chi connectivity index (χ1v) is 10.3. The zero-order chi connectivity index (χ0) is 21.7. The first-order chi connectivity index (χ1) is 14.3. The van der Waals surface area contributed by atoms with Gasteiger partial charge in [-0.15, -0.1) is 0 Å². The van der Waals surface area contributed by atoms with Crippen molar-refractivity contribution in [2.45, 2.75) is 26.2 Å². The van der Waals surface area contributed by atoms with Gasteiger partial charge in [0, 0.05) is 29.9 Å². The fourth-order valence-corrected chi connectivity index (χ4v) is 4.12. The second-order valence-electron chi connectivity index (χ2n) is 7.87. The van der Waals surface area contributed by atoms with Crippen molar-refractivity contribution in [3.8, 4) is 11.5 Å². The van der Waals surface area contributed by atoms with Crippen LogP contribution in [0.5, 0.6) is 11.5 Å². The molecular formula is C23H27ClN2O4. The SMILES string of the molecule is COc1ccccc1C(=O)N1CCCC(COc2ccc(Cl)c(C)c2)(CC(N)=O)C1. The standard InChI is InChI=1S/C23H27ClN2O4/c1-16-12-17(8-9-19(16)24)30-15-23(13-21(25)27)10-5-11-26(14-23)22(28)18-6-3-4-7-20(18)29-2/h3-4,6-9,12H,5,10-11,13-15H2,1-2H3,(H2,25,27). The van der Waals surface area contributed by atoms with E-state index in [0.717, 1.165) is 18.4 Å². The highest BCUT2D eigenvalue weighted by molar-refractivity contribution is 6.31. The van der Waals surface area contributed by atoms with Crippen LogP contribution in [0.2, 0.25) is 5.02 Å². The van der Waals surface area contributed by atoms with Crippen LogP contribution >= 0.6 is 11.6 Å². The third-order valence-corrected chi connectivity index (χ3v) is 5.93. The maximum atomic E-state index is 13.2. The predicted octanol–water partition coefficient (Wildman–Crippen LogP) is 3.83. The second kappa shape index (κ2) is 9.39. The molecule has 1 unspecified atom stereocenters. The van der Waals surface area contributed by atoms with Crippen LogP contribution in [0.4, 0.5) is 0 Å². The van der Waals surface area contributed by atoms with E-state index in [0.29, 0.717) is 35.2 Å². The van der Waals surface area contributed by atoms with E-state index < -0.39 is 11.3 Å². The van der Waals surface area contributed by atoms with E-state index in [1.54, 1.807) is 36.3 Å². The van der Waals surface area contributed by atoms with Crippen LogP contribution in [-0.2, 0) is 4.79 Å². The average molecular weight is 431 g/mol. The lowest BCUT2D eigenvalue weighted by Gasteiger charge is -2.42. The van der Waals surface area contributed by atoms with E-state index in [1.165, 1.54) is 0 Å². The van der Waals surface area contributed by atoms with Gasteiger partial charge in [0.1, 0.15) is 11.5 Å². The van der Waals surface area contributed by atoms with Gasteiger partial charge in [-0.05, 0) is 55.7 Å². The lowest BCUT2D eigenvalue weighted by atomic mass is 9.77. The van der Waals surface area contributed by atoms with Gasteiger partial charge in [-0.2, -0.15) is 0 Å². The molecule has 2 N–H and O–H groups in total. The van der Waals surface area contributed by atoms with E-state index in [4.69, 9.17) is 26.8 Å². The fourth-order valence-electron chi connectivity index (χ4n) is 4.00. The van der Waals surface area contributed by atoms with Gasteiger partial charge < -0.3 is 20.1 Å². The summed E-state index contributed by atoms with van der Waals surface area (Å²) in [4.78, 5) is 26.8. The monoisotopic (exact) mass is 430 g/mol. The van der Waals surface area contributed by atoms with Crippen LogP contribution in [0.3, 0.4) is 0 Å². The van der Waals surface area contributed by atoms with Crippen molar-refractivity contribution in [3.05, 3.63) is 58.6 Å². The molecule has 160 valence electrons. The molecule has 0 radical (unpaired) electrons. The van der Waals surface area contributed by atoms with E-state index in [9.17, 15) is 9.59 Å². The van der Waals surface area contributed by atoms with E-state index in [2.05, 4.69) is 0 Å². The lowest BCUT2D eigenvalue weighted by Crippen LogP contribution is -2.50. The smallest absolute Gasteiger partial charge is 0.257 e. The van der Waals surface area contributed by atoms with Gasteiger partial charge in [0.15, 0.2) is 0 Å². The molecule has 2 aromatic rings. The summed E-state index contributed by atoms with van der Waals surface area (Å²) in [6.07, 6.45) is 1.66. The number of nitrogens with two attached hydrogens (primary N) is 1. The average Bonchev–Trinajstić information content (AvgIpc) is 2.73. The van der Waals surface area contributed by atoms with Gasteiger partial charge in [0.25, 0.3) is 5.91 Å². The molecule has 1 fully saturated rings. The molecule has 1 aliphatic heterocycles. The number of aryl methyl sites for hydroxylation is 1. The Morgan fingerprint density at radius 2 is 2.00 bits per heavy atom. The summed E-state index contributed by atoms with van der Waals surface area (Å²) in [5.41, 5.74) is 6.43. The minimum absolute atomic E-state index is 0.122. The summed E-state index contributed by atoms with van der Waals surface area (Å²) < 4.78 is 11.4. The first kappa shape index (κ1) is 22.0. The van der Waals surface area contributed by atoms with Crippen molar-refractivity contribution >= 4 is 23.4 Å². The normalized spacial score (nSPS) is 18.7. The number of para-hydroxylation sites is 1. The van der Waals surface area contributed by atoms with Crippen LogP contribution in [-0.4, -0.2) is 43.5 Å². The number of hydrogen-bond acceptors (Lipinski definition) is 4. The third-order valence-electron chi connectivity index (χ3n) is 5.51. The molecule has 0 bridgehead atoms. The number of likely N-dealkylation sites (tertiary alicyclic amines) is 1. The highest BCUT2D eigenvalue weighted by Crippen LogP contribution is 2.36. The Hall–Kier alpha value is -2.73. The number of methoxy groups -OCH3 is 1. The molecule has 30 heavy (non-hydrogen) atoms. The maximum absolute atomic E-state index is 13.2. The molecule has 0 aliphatic carbocycles.